The molecular weight excluding hydrogens is 388 g/mol. The van der Waals surface area contributed by atoms with Gasteiger partial charge in [0, 0.05) is 44.0 Å². The number of fused-ring (bicyclic) bond motifs is 1. The van der Waals surface area contributed by atoms with E-state index in [0.29, 0.717) is 55.3 Å². The summed E-state index contributed by atoms with van der Waals surface area (Å²) in [5.41, 5.74) is 1.49. The predicted molar refractivity (Wildman–Crippen MR) is 111 cm³/mol. The third kappa shape index (κ3) is 6.01. The van der Waals surface area contributed by atoms with Crippen LogP contribution < -0.4 is 10.1 Å². The third-order valence-corrected chi connectivity index (χ3v) is 4.68. The molecule has 0 spiro atoms. The summed E-state index contributed by atoms with van der Waals surface area (Å²) in [4.78, 5) is 22.7. The summed E-state index contributed by atoms with van der Waals surface area (Å²) in [5, 5.41) is 13.6. The maximum Gasteiger partial charge on any atom is 0.407 e. The number of carbonyl (C=O) groups excluding carboxylic acids is 1. The number of ether oxygens (including phenoxy) is 3. The van der Waals surface area contributed by atoms with Gasteiger partial charge in [-0.2, -0.15) is 0 Å². The quantitative estimate of drug-likeness (QED) is 0.733. The van der Waals surface area contributed by atoms with Crippen molar-refractivity contribution in [3.63, 3.8) is 0 Å². The highest BCUT2D eigenvalue weighted by atomic mass is 16.6. The zero-order valence-electron chi connectivity index (χ0n) is 17.9. The van der Waals surface area contributed by atoms with Gasteiger partial charge in [-0.3, -0.25) is 9.88 Å². The lowest BCUT2D eigenvalue weighted by molar-refractivity contribution is -0.0403. The minimum atomic E-state index is -0.743. The van der Waals surface area contributed by atoms with Crippen molar-refractivity contribution in [1.29, 1.82) is 0 Å². The molecule has 2 aromatic heterocycles. The van der Waals surface area contributed by atoms with Gasteiger partial charge in [-0.15, -0.1) is 0 Å². The monoisotopic (exact) mass is 418 g/mol. The number of aliphatic hydroxyl groups is 1. The zero-order valence-corrected chi connectivity index (χ0v) is 17.9. The first-order valence-corrected chi connectivity index (χ1v) is 10.0. The molecule has 0 bridgehead atoms. The van der Waals surface area contributed by atoms with E-state index < -0.39 is 17.8 Å². The number of rotatable bonds is 6. The number of carbonyl (C=O) groups is 1. The number of methoxy groups -OCH3 is 1. The maximum absolute atomic E-state index is 11.9. The number of nitrogens with one attached hydrogen (secondary N) is 1. The van der Waals surface area contributed by atoms with E-state index in [2.05, 4.69) is 20.2 Å². The van der Waals surface area contributed by atoms with Gasteiger partial charge in [0.05, 0.1) is 37.0 Å². The first kappa shape index (κ1) is 22.2. The summed E-state index contributed by atoms with van der Waals surface area (Å²) in [5.74, 6) is 0.476. The molecule has 1 fully saturated rings. The van der Waals surface area contributed by atoms with Crippen LogP contribution in [0.1, 0.15) is 32.4 Å². The van der Waals surface area contributed by atoms with Crippen molar-refractivity contribution in [1.82, 2.24) is 20.2 Å². The number of aliphatic hydroxyl groups excluding tert-OH is 1. The smallest absolute Gasteiger partial charge is 0.407 e. The van der Waals surface area contributed by atoms with Crippen molar-refractivity contribution in [2.75, 3.05) is 39.9 Å². The molecule has 0 aliphatic carbocycles. The molecule has 2 aromatic rings. The highest BCUT2D eigenvalue weighted by Gasteiger charge is 2.25. The largest absolute Gasteiger partial charge is 0.481 e. The number of morpholine rings is 1. The molecule has 1 saturated heterocycles. The van der Waals surface area contributed by atoms with Crippen LogP contribution in [0.25, 0.3) is 11.0 Å². The van der Waals surface area contributed by atoms with Crippen LogP contribution in [-0.4, -0.2) is 77.7 Å². The fraction of sp³-hybridized carbons (Fsp3) is 0.571. The summed E-state index contributed by atoms with van der Waals surface area (Å²) in [7, 11) is 1.56. The van der Waals surface area contributed by atoms with Gasteiger partial charge in [0.1, 0.15) is 5.60 Å². The summed E-state index contributed by atoms with van der Waals surface area (Å²) >= 11 is 0. The van der Waals surface area contributed by atoms with Crippen LogP contribution in [0.2, 0.25) is 0 Å². The Morgan fingerprint density at radius 1 is 1.40 bits per heavy atom. The molecule has 9 heteroatoms. The number of alkyl carbamates (subject to hydrolysis) is 1. The summed E-state index contributed by atoms with van der Waals surface area (Å²) in [6, 6.07) is 5.35. The van der Waals surface area contributed by atoms with Crippen molar-refractivity contribution >= 4 is 17.1 Å². The highest BCUT2D eigenvalue weighted by molar-refractivity contribution is 5.78. The number of hydrogen-bond donors (Lipinski definition) is 2. The van der Waals surface area contributed by atoms with Crippen LogP contribution in [0.4, 0.5) is 4.79 Å². The minimum Gasteiger partial charge on any atom is -0.481 e. The number of nitrogens with zero attached hydrogens (tertiary/aromatic N) is 3. The summed E-state index contributed by atoms with van der Waals surface area (Å²) < 4.78 is 16.2. The molecule has 0 aromatic carbocycles. The molecule has 3 heterocycles. The van der Waals surface area contributed by atoms with E-state index in [9.17, 15) is 9.90 Å². The molecule has 1 aliphatic rings. The molecule has 30 heavy (non-hydrogen) atoms. The molecule has 0 radical (unpaired) electrons. The second kappa shape index (κ2) is 9.55. The van der Waals surface area contributed by atoms with Crippen LogP contribution in [-0.2, 0) is 9.47 Å². The van der Waals surface area contributed by atoms with E-state index >= 15 is 0 Å². The van der Waals surface area contributed by atoms with Crippen molar-refractivity contribution in [3.05, 3.63) is 30.0 Å². The predicted octanol–water partition coefficient (Wildman–Crippen LogP) is 1.90. The Bertz CT molecular complexity index is 870. The SMILES string of the molecule is COc1ccc2nccc(C(O)CN3CCOC(CNC(=O)OC(C)(C)C)C3)c2n1. The molecule has 3 rings (SSSR count). The van der Waals surface area contributed by atoms with E-state index in [-0.39, 0.29) is 6.10 Å². The molecular formula is C21H30N4O5. The van der Waals surface area contributed by atoms with E-state index in [4.69, 9.17) is 14.2 Å². The normalized spacial score (nSPS) is 18.8. The van der Waals surface area contributed by atoms with Crippen LogP contribution >= 0.6 is 0 Å². The van der Waals surface area contributed by atoms with E-state index in [0.717, 1.165) is 0 Å². The zero-order chi connectivity index (χ0) is 21.7. The van der Waals surface area contributed by atoms with Crippen LogP contribution in [0.15, 0.2) is 24.4 Å². The van der Waals surface area contributed by atoms with Crippen molar-refractivity contribution in [3.8, 4) is 5.88 Å². The minimum absolute atomic E-state index is 0.175. The second-order valence-electron chi connectivity index (χ2n) is 8.27. The fourth-order valence-corrected chi connectivity index (χ4v) is 3.33. The first-order chi connectivity index (χ1) is 14.2. The van der Waals surface area contributed by atoms with Gasteiger partial charge < -0.3 is 24.6 Å². The summed E-state index contributed by atoms with van der Waals surface area (Å²) in [6.45, 7) is 8.03. The topological polar surface area (TPSA) is 106 Å². The Balaban J connectivity index is 1.60. The van der Waals surface area contributed by atoms with Gasteiger partial charge in [-0.1, -0.05) is 0 Å². The molecule has 164 valence electrons. The lowest BCUT2D eigenvalue weighted by Gasteiger charge is -2.34. The average molecular weight is 418 g/mol. The van der Waals surface area contributed by atoms with E-state index in [1.54, 1.807) is 25.4 Å². The highest BCUT2D eigenvalue weighted by Crippen LogP contribution is 2.24. The average Bonchev–Trinajstić information content (AvgIpc) is 2.70. The Kier molecular flexibility index (Phi) is 7.06. The van der Waals surface area contributed by atoms with Crippen LogP contribution in [0.3, 0.4) is 0 Å². The van der Waals surface area contributed by atoms with Crippen molar-refractivity contribution in [2.45, 2.75) is 38.6 Å². The first-order valence-electron chi connectivity index (χ1n) is 10.0. The molecule has 1 amide bonds. The molecule has 9 nitrogen and oxygen atoms in total. The second-order valence-corrected chi connectivity index (χ2v) is 8.27. The Hall–Kier alpha value is -2.49. The number of pyridine rings is 2. The van der Waals surface area contributed by atoms with E-state index in [1.165, 1.54) is 0 Å². The molecule has 1 aliphatic heterocycles. The number of β-amino-alcohol motifs (C(OH)–C–C–N with tert-alkyl or cyclic N) is 1. The van der Waals surface area contributed by atoms with Gasteiger partial charge in [0.15, 0.2) is 0 Å². The molecule has 2 unspecified atom stereocenters. The number of aromatic nitrogens is 2. The molecule has 0 saturated carbocycles. The standard InChI is InChI=1S/C21H30N4O5/c1-21(2,3)30-20(27)23-11-14-12-25(9-10-29-14)13-17(26)15-7-8-22-16-5-6-18(28-4)24-19(15)16/h5-8,14,17,26H,9-13H2,1-4H3,(H,23,27). The van der Waals surface area contributed by atoms with Gasteiger partial charge >= 0.3 is 6.09 Å². The Morgan fingerprint density at radius 3 is 2.93 bits per heavy atom. The molecule has 2 atom stereocenters. The van der Waals surface area contributed by atoms with Crippen LogP contribution in [0, 0.1) is 0 Å². The Morgan fingerprint density at radius 2 is 2.20 bits per heavy atom. The fourth-order valence-electron chi connectivity index (χ4n) is 3.33. The van der Waals surface area contributed by atoms with Gasteiger partial charge in [0.2, 0.25) is 5.88 Å². The third-order valence-electron chi connectivity index (χ3n) is 4.68. The Labute approximate surface area is 176 Å². The van der Waals surface area contributed by atoms with Gasteiger partial charge in [-0.25, -0.2) is 9.78 Å². The lowest BCUT2D eigenvalue weighted by Crippen LogP contribution is -2.49. The van der Waals surface area contributed by atoms with Crippen LogP contribution in [0.5, 0.6) is 5.88 Å². The van der Waals surface area contributed by atoms with E-state index in [1.807, 2.05) is 26.8 Å². The number of amides is 1. The molecule has 2 N–H and O–H groups in total. The lowest BCUT2D eigenvalue weighted by atomic mass is 10.1. The van der Waals surface area contributed by atoms with Gasteiger partial charge in [0.25, 0.3) is 0 Å². The van der Waals surface area contributed by atoms with Crippen molar-refractivity contribution < 1.29 is 24.1 Å². The van der Waals surface area contributed by atoms with Gasteiger partial charge in [-0.05, 0) is 32.9 Å². The maximum atomic E-state index is 11.9. The van der Waals surface area contributed by atoms with Crippen molar-refractivity contribution in [2.24, 2.45) is 0 Å². The summed E-state index contributed by atoms with van der Waals surface area (Å²) in [6.07, 6.45) is 0.284. The number of hydrogen-bond acceptors (Lipinski definition) is 8.